The minimum atomic E-state index is -0.474. The SMILES string of the molecule is CCC(Sc1nnc2c3ccccc3n(C(=O)CCCC[C@@H]3C[C@@H]4NC(=O)N[C@@H]4S3)c2n1)C(=O)N1c2ccccc2Sc2ccccc21. The number of rotatable bonds is 9. The highest BCUT2D eigenvalue weighted by Gasteiger charge is 2.41. The molecule has 5 heterocycles. The van der Waals surface area contributed by atoms with E-state index in [1.807, 2.05) is 96.4 Å². The number of nitrogens with zero attached hydrogens (tertiary/aromatic N) is 5. The highest BCUT2D eigenvalue weighted by molar-refractivity contribution is 8.01. The van der Waals surface area contributed by atoms with Gasteiger partial charge in [0.05, 0.1) is 33.6 Å². The standard InChI is InChI=1S/C35H33N7O3S3/c1-2-26(33(44)41-24-14-6-8-16-27(24)47-28-17-9-7-15-25(28)41)48-35-37-31-30(39-40-35)21-12-4-5-13-23(21)42(31)29(43)18-10-3-11-20-19-22-32(46-20)38-34(45)36-22/h4-9,12-17,20,22,26,32H,2-3,10-11,18-19H2,1H3,(H2,36,38,45)/t20-,22+,26?,32-/m1/s1. The molecule has 2 aromatic heterocycles. The average Bonchev–Trinajstić information content (AvgIpc) is 3.76. The number of anilines is 2. The van der Waals surface area contributed by atoms with Crippen LogP contribution in [-0.2, 0) is 4.79 Å². The molecule has 0 aliphatic carbocycles. The van der Waals surface area contributed by atoms with E-state index in [0.29, 0.717) is 34.4 Å². The maximum absolute atomic E-state index is 14.3. The molecule has 3 aliphatic heterocycles. The first-order valence-electron chi connectivity index (χ1n) is 16.2. The molecule has 0 saturated carbocycles. The van der Waals surface area contributed by atoms with Gasteiger partial charge in [-0.15, -0.1) is 22.0 Å². The molecule has 10 nitrogen and oxygen atoms in total. The van der Waals surface area contributed by atoms with Gasteiger partial charge in [-0.3, -0.25) is 19.1 Å². The van der Waals surface area contributed by atoms with Crippen molar-refractivity contribution in [3.8, 4) is 0 Å². The summed E-state index contributed by atoms with van der Waals surface area (Å²) < 4.78 is 1.68. The molecule has 0 radical (unpaired) electrons. The van der Waals surface area contributed by atoms with Crippen molar-refractivity contribution in [1.82, 2.24) is 30.4 Å². The molecule has 2 saturated heterocycles. The van der Waals surface area contributed by atoms with E-state index in [0.717, 1.165) is 57.8 Å². The summed E-state index contributed by atoms with van der Waals surface area (Å²) in [7, 11) is 0. The van der Waals surface area contributed by atoms with Crippen molar-refractivity contribution in [1.29, 1.82) is 0 Å². The highest BCUT2D eigenvalue weighted by Crippen LogP contribution is 2.49. The number of carbonyl (C=O) groups is 3. The molecule has 3 aromatic carbocycles. The van der Waals surface area contributed by atoms with E-state index in [9.17, 15) is 14.4 Å². The van der Waals surface area contributed by atoms with E-state index < -0.39 is 5.25 Å². The molecule has 1 unspecified atom stereocenters. The minimum Gasteiger partial charge on any atom is -0.332 e. The third kappa shape index (κ3) is 5.71. The lowest BCUT2D eigenvalue weighted by molar-refractivity contribution is -0.117. The van der Waals surface area contributed by atoms with Crippen LogP contribution in [0.5, 0.6) is 0 Å². The number of fused-ring (bicyclic) bond motifs is 6. The van der Waals surface area contributed by atoms with Gasteiger partial charge < -0.3 is 10.6 Å². The third-order valence-electron chi connectivity index (χ3n) is 9.03. The molecule has 4 atom stereocenters. The van der Waals surface area contributed by atoms with Crippen LogP contribution in [0.3, 0.4) is 0 Å². The number of benzene rings is 3. The fraction of sp³-hybridized carbons (Fsp3) is 0.314. The number of hydrogen-bond donors (Lipinski definition) is 2. The first-order valence-corrected chi connectivity index (χ1v) is 18.9. The van der Waals surface area contributed by atoms with Crippen LogP contribution in [0, 0.1) is 0 Å². The average molecular weight is 696 g/mol. The smallest absolute Gasteiger partial charge is 0.316 e. The summed E-state index contributed by atoms with van der Waals surface area (Å²) in [6.07, 6.45) is 4.56. The Morgan fingerprint density at radius 3 is 2.44 bits per heavy atom. The number of unbranched alkanes of at least 4 members (excludes halogenated alkanes) is 1. The molecule has 244 valence electrons. The van der Waals surface area contributed by atoms with Crippen LogP contribution in [0.25, 0.3) is 22.1 Å². The molecule has 0 bridgehead atoms. The third-order valence-corrected chi connectivity index (χ3v) is 12.9. The first kappa shape index (κ1) is 31.2. The Morgan fingerprint density at radius 1 is 0.958 bits per heavy atom. The minimum absolute atomic E-state index is 0.0373. The van der Waals surface area contributed by atoms with Crippen molar-refractivity contribution in [3.05, 3.63) is 72.8 Å². The van der Waals surface area contributed by atoms with Crippen LogP contribution < -0.4 is 15.5 Å². The van der Waals surface area contributed by atoms with Crippen molar-refractivity contribution >= 4 is 86.6 Å². The number of urea groups is 1. The number of carbonyl (C=O) groups excluding carboxylic acids is 3. The Kier molecular flexibility index (Phi) is 8.51. The highest BCUT2D eigenvalue weighted by atomic mass is 32.2. The molecule has 5 aromatic rings. The lowest BCUT2D eigenvalue weighted by Crippen LogP contribution is -2.35. The van der Waals surface area contributed by atoms with Crippen molar-refractivity contribution in [2.45, 2.75) is 82.3 Å². The number of thioether (sulfide) groups is 2. The van der Waals surface area contributed by atoms with Crippen molar-refractivity contribution in [2.75, 3.05) is 4.90 Å². The molecule has 3 amide bonds. The largest absolute Gasteiger partial charge is 0.332 e. The van der Waals surface area contributed by atoms with Gasteiger partial charge in [0.25, 0.3) is 0 Å². The summed E-state index contributed by atoms with van der Waals surface area (Å²) in [4.78, 5) is 48.4. The predicted octanol–water partition coefficient (Wildman–Crippen LogP) is 7.39. The zero-order valence-electron chi connectivity index (χ0n) is 26.2. The molecular formula is C35H33N7O3S3. The van der Waals surface area contributed by atoms with Crippen LogP contribution >= 0.6 is 35.3 Å². The predicted molar refractivity (Wildman–Crippen MR) is 191 cm³/mol. The second-order valence-electron chi connectivity index (χ2n) is 12.1. The number of hydrogen-bond acceptors (Lipinski definition) is 9. The Morgan fingerprint density at radius 2 is 1.69 bits per heavy atom. The molecule has 13 heteroatoms. The lowest BCUT2D eigenvalue weighted by Gasteiger charge is -2.33. The zero-order chi connectivity index (χ0) is 32.8. The number of amides is 3. The van der Waals surface area contributed by atoms with Gasteiger partial charge in [0.1, 0.15) is 5.52 Å². The van der Waals surface area contributed by atoms with Crippen LogP contribution in [-0.4, -0.2) is 59.5 Å². The summed E-state index contributed by atoms with van der Waals surface area (Å²) in [5.41, 5.74) is 3.52. The van der Waals surface area contributed by atoms with E-state index >= 15 is 0 Å². The van der Waals surface area contributed by atoms with E-state index in [4.69, 9.17) is 4.98 Å². The van der Waals surface area contributed by atoms with E-state index in [1.165, 1.54) is 11.8 Å². The fourth-order valence-corrected chi connectivity index (χ4v) is 10.3. The van der Waals surface area contributed by atoms with Gasteiger partial charge in [-0.25, -0.2) is 9.78 Å². The lowest BCUT2D eigenvalue weighted by atomic mass is 10.1. The van der Waals surface area contributed by atoms with Gasteiger partial charge in [0.15, 0.2) is 5.65 Å². The summed E-state index contributed by atoms with van der Waals surface area (Å²) in [6.45, 7) is 1.99. The van der Waals surface area contributed by atoms with Crippen molar-refractivity contribution in [3.63, 3.8) is 0 Å². The monoisotopic (exact) mass is 695 g/mol. The number of para-hydroxylation sites is 3. The van der Waals surface area contributed by atoms with Gasteiger partial charge >= 0.3 is 6.03 Å². The van der Waals surface area contributed by atoms with Crippen LogP contribution in [0.15, 0.2) is 87.7 Å². The molecule has 3 aliphatic rings. The second kappa shape index (κ2) is 13.1. The topological polar surface area (TPSA) is 122 Å². The summed E-state index contributed by atoms with van der Waals surface area (Å²) in [6, 6.07) is 23.7. The van der Waals surface area contributed by atoms with Crippen LogP contribution in [0.2, 0.25) is 0 Å². The Hall–Kier alpha value is -4.07. The Labute approximate surface area is 290 Å². The van der Waals surface area contributed by atoms with Crippen LogP contribution in [0.4, 0.5) is 16.2 Å². The maximum atomic E-state index is 14.3. The van der Waals surface area contributed by atoms with Crippen LogP contribution in [0.1, 0.15) is 50.2 Å². The Bertz CT molecular complexity index is 2010. The van der Waals surface area contributed by atoms with Gasteiger partial charge in [0, 0.05) is 26.8 Å². The summed E-state index contributed by atoms with van der Waals surface area (Å²) in [5, 5.41) is 16.3. The van der Waals surface area contributed by atoms with Gasteiger partial charge in [-0.05, 0) is 56.0 Å². The second-order valence-corrected chi connectivity index (χ2v) is 15.8. The number of nitrogens with one attached hydrogen (secondary N) is 2. The summed E-state index contributed by atoms with van der Waals surface area (Å²) in [5.74, 6) is -0.0880. The van der Waals surface area contributed by atoms with Gasteiger partial charge in [-0.2, -0.15) is 0 Å². The normalized spacial score (nSPS) is 20.2. The molecule has 48 heavy (non-hydrogen) atoms. The first-order chi connectivity index (χ1) is 23.5. The molecule has 8 rings (SSSR count). The summed E-state index contributed by atoms with van der Waals surface area (Å²) >= 11 is 4.77. The quantitative estimate of drug-likeness (QED) is 0.120. The van der Waals surface area contributed by atoms with Gasteiger partial charge in [0.2, 0.25) is 17.0 Å². The molecule has 2 fully saturated rings. The number of aromatic nitrogens is 4. The molecule has 2 N–H and O–H groups in total. The molecular weight excluding hydrogens is 663 g/mol. The van der Waals surface area contributed by atoms with E-state index in [-0.39, 0.29) is 29.3 Å². The fourth-order valence-electron chi connectivity index (χ4n) is 6.76. The Balaban J connectivity index is 1.02. The van der Waals surface area contributed by atoms with Crippen molar-refractivity contribution < 1.29 is 14.4 Å². The zero-order valence-corrected chi connectivity index (χ0v) is 28.6. The van der Waals surface area contributed by atoms with Crippen molar-refractivity contribution in [2.24, 2.45) is 0 Å². The van der Waals surface area contributed by atoms with Gasteiger partial charge in [-0.1, -0.05) is 79.3 Å². The molecule has 0 spiro atoms. The van der Waals surface area contributed by atoms with E-state index in [2.05, 4.69) is 20.8 Å². The van der Waals surface area contributed by atoms with E-state index in [1.54, 1.807) is 16.3 Å². The maximum Gasteiger partial charge on any atom is 0.316 e.